The summed E-state index contributed by atoms with van der Waals surface area (Å²) in [6.07, 6.45) is 0. The number of aryl methyl sites for hydroxylation is 1. The zero-order chi connectivity index (χ0) is 15.2. The second-order valence-electron chi connectivity index (χ2n) is 4.52. The van der Waals surface area contributed by atoms with Gasteiger partial charge in [-0.2, -0.15) is 0 Å². The maximum absolute atomic E-state index is 13.8. The van der Waals surface area contributed by atoms with Gasteiger partial charge in [-0.1, -0.05) is 24.0 Å². The van der Waals surface area contributed by atoms with E-state index in [9.17, 15) is 9.18 Å². The minimum atomic E-state index is -0.534. The van der Waals surface area contributed by atoms with Crippen molar-refractivity contribution in [1.29, 1.82) is 0 Å². The summed E-state index contributed by atoms with van der Waals surface area (Å²) in [4.78, 5) is 12.1. The standard InChI is InChI=1S/C17H15FN2O/c1-12-4-2-6-15(10-12)20-17(21)14-8-7-13(5-3-9-19)16(18)11-14/h2,4,6-8,10-11H,9,19H2,1H3,(H,20,21). The molecule has 0 atom stereocenters. The van der Waals surface area contributed by atoms with Gasteiger partial charge in [0.15, 0.2) is 0 Å². The molecule has 2 rings (SSSR count). The lowest BCUT2D eigenvalue weighted by atomic mass is 10.1. The van der Waals surface area contributed by atoms with Gasteiger partial charge in [0.25, 0.3) is 5.91 Å². The third-order valence-corrected chi connectivity index (χ3v) is 2.83. The van der Waals surface area contributed by atoms with Gasteiger partial charge in [0, 0.05) is 11.3 Å². The van der Waals surface area contributed by atoms with E-state index >= 15 is 0 Å². The summed E-state index contributed by atoms with van der Waals surface area (Å²) in [5.74, 6) is 4.29. The molecule has 0 fully saturated rings. The molecule has 4 heteroatoms. The Morgan fingerprint density at radius 2 is 2.10 bits per heavy atom. The van der Waals surface area contributed by atoms with Gasteiger partial charge in [-0.25, -0.2) is 4.39 Å². The molecule has 3 nitrogen and oxygen atoms in total. The highest BCUT2D eigenvalue weighted by molar-refractivity contribution is 6.04. The van der Waals surface area contributed by atoms with Gasteiger partial charge in [-0.05, 0) is 42.8 Å². The highest BCUT2D eigenvalue weighted by atomic mass is 19.1. The molecule has 0 saturated heterocycles. The van der Waals surface area contributed by atoms with Crippen LogP contribution in [0.5, 0.6) is 0 Å². The van der Waals surface area contributed by atoms with Crippen LogP contribution in [0.15, 0.2) is 42.5 Å². The summed E-state index contributed by atoms with van der Waals surface area (Å²) in [5.41, 5.74) is 7.42. The molecular formula is C17H15FN2O. The first-order valence-electron chi connectivity index (χ1n) is 6.46. The number of carbonyl (C=O) groups excluding carboxylic acids is 1. The Morgan fingerprint density at radius 3 is 2.76 bits per heavy atom. The molecule has 0 saturated carbocycles. The molecule has 0 radical (unpaired) electrons. The van der Waals surface area contributed by atoms with Crippen molar-refractivity contribution in [1.82, 2.24) is 0 Å². The van der Waals surface area contributed by atoms with Crippen LogP contribution in [0.3, 0.4) is 0 Å². The number of hydrogen-bond donors (Lipinski definition) is 2. The molecule has 21 heavy (non-hydrogen) atoms. The summed E-state index contributed by atoms with van der Waals surface area (Å²) < 4.78 is 13.8. The lowest BCUT2D eigenvalue weighted by Crippen LogP contribution is -2.12. The molecule has 0 aliphatic heterocycles. The number of amides is 1. The van der Waals surface area contributed by atoms with Crippen molar-refractivity contribution >= 4 is 11.6 Å². The van der Waals surface area contributed by atoms with E-state index in [-0.39, 0.29) is 23.6 Å². The highest BCUT2D eigenvalue weighted by Crippen LogP contribution is 2.14. The van der Waals surface area contributed by atoms with Crippen molar-refractivity contribution in [3.63, 3.8) is 0 Å². The van der Waals surface area contributed by atoms with Gasteiger partial charge in [0.05, 0.1) is 12.1 Å². The van der Waals surface area contributed by atoms with Crippen molar-refractivity contribution in [2.24, 2.45) is 5.73 Å². The van der Waals surface area contributed by atoms with Gasteiger partial charge in [0.2, 0.25) is 0 Å². The number of nitrogens with two attached hydrogens (primary N) is 1. The summed E-state index contributed by atoms with van der Waals surface area (Å²) >= 11 is 0. The predicted molar refractivity (Wildman–Crippen MR) is 81.5 cm³/mol. The zero-order valence-corrected chi connectivity index (χ0v) is 11.6. The van der Waals surface area contributed by atoms with Gasteiger partial charge in [-0.3, -0.25) is 4.79 Å². The molecule has 0 aromatic heterocycles. The van der Waals surface area contributed by atoms with Crippen LogP contribution in [0.4, 0.5) is 10.1 Å². The van der Waals surface area contributed by atoms with E-state index in [2.05, 4.69) is 17.2 Å². The molecule has 0 spiro atoms. The molecule has 106 valence electrons. The maximum atomic E-state index is 13.8. The van der Waals surface area contributed by atoms with Crippen molar-refractivity contribution in [2.75, 3.05) is 11.9 Å². The van der Waals surface area contributed by atoms with E-state index in [0.29, 0.717) is 5.69 Å². The molecule has 0 aliphatic carbocycles. The summed E-state index contributed by atoms with van der Waals surface area (Å²) in [7, 11) is 0. The minimum Gasteiger partial charge on any atom is -0.322 e. The van der Waals surface area contributed by atoms with Crippen LogP contribution in [-0.4, -0.2) is 12.5 Å². The fraction of sp³-hybridized carbons (Fsp3) is 0.118. The Kier molecular flexibility index (Phi) is 4.70. The van der Waals surface area contributed by atoms with Crippen LogP contribution >= 0.6 is 0 Å². The first-order chi connectivity index (χ1) is 10.1. The molecule has 2 aromatic rings. The van der Waals surface area contributed by atoms with Gasteiger partial charge in [-0.15, -0.1) is 0 Å². The lowest BCUT2D eigenvalue weighted by Gasteiger charge is -2.06. The fourth-order valence-corrected chi connectivity index (χ4v) is 1.83. The topological polar surface area (TPSA) is 55.1 Å². The Hall–Kier alpha value is -2.64. The maximum Gasteiger partial charge on any atom is 0.255 e. The Bertz CT molecular complexity index is 729. The summed E-state index contributed by atoms with van der Waals surface area (Å²) in [6, 6.07) is 11.6. The van der Waals surface area contributed by atoms with Crippen molar-refractivity contribution in [2.45, 2.75) is 6.92 Å². The quantitative estimate of drug-likeness (QED) is 0.832. The smallest absolute Gasteiger partial charge is 0.255 e. The van der Waals surface area contributed by atoms with Crippen molar-refractivity contribution < 1.29 is 9.18 Å². The normalized spacial score (nSPS) is 9.67. The Labute approximate surface area is 123 Å². The van der Waals surface area contributed by atoms with E-state index in [1.54, 1.807) is 6.07 Å². The third kappa shape index (κ3) is 3.91. The monoisotopic (exact) mass is 282 g/mol. The Balaban J connectivity index is 2.18. The minimum absolute atomic E-state index is 0.162. The number of halogens is 1. The van der Waals surface area contributed by atoms with Crippen LogP contribution in [0.2, 0.25) is 0 Å². The van der Waals surface area contributed by atoms with Crippen LogP contribution < -0.4 is 11.1 Å². The zero-order valence-electron chi connectivity index (χ0n) is 11.6. The van der Waals surface area contributed by atoms with Crippen molar-refractivity contribution in [3.05, 3.63) is 65.0 Å². The molecule has 0 aliphatic rings. The van der Waals surface area contributed by atoms with Crippen molar-refractivity contribution in [3.8, 4) is 11.8 Å². The van der Waals surface area contributed by atoms with E-state index in [4.69, 9.17) is 5.73 Å². The molecule has 0 heterocycles. The summed E-state index contributed by atoms with van der Waals surface area (Å²) in [6.45, 7) is 2.09. The van der Waals surface area contributed by atoms with Gasteiger partial charge in [0.1, 0.15) is 5.82 Å². The molecule has 1 amide bonds. The second kappa shape index (κ2) is 6.69. The molecule has 3 N–H and O–H groups in total. The average Bonchev–Trinajstić information content (AvgIpc) is 2.46. The first-order valence-corrected chi connectivity index (χ1v) is 6.46. The predicted octanol–water partition coefficient (Wildman–Crippen LogP) is 2.70. The molecule has 2 aromatic carbocycles. The number of benzene rings is 2. The van der Waals surface area contributed by atoms with Gasteiger partial charge >= 0.3 is 0 Å². The van der Waals surface area contributed by atoms with E-state index in [1.165, 1.54) is 18.2 Å². The SMILES string of the molecule is Cc1cccc(NC(=O)c2ccc(C#CCN)c(F)c2)c1. The average molecular weight is 282 g/mol. The third-order valence-electron chi connectivity index (χ3n) is 2.83. The lowest BCUT2D eigenvalue weighted by molar-refractivity contribution is 0.102. The van der Waals surface area contributed by atoms with Crippen LogP contribution in [0.25, 0.3) is 0 Å². The highest BCUT2D eigenvalue weighted by Gasteiger charge is 2.09. The van der Waals surface area contributed by atoms with Gasteiger partial charge < -0.3 is 11.1 Å². The number of anilines is 1. The van der Waals surface area contributed by atoms with E-state index in [0.717, 1.165) is 5.56 Å². The fourth-order valence-electron chi connectivity index (χ4n) is 1.83. The molecule has 0 bridgehead atoms. The van der Waals surface area contributed by atoms with E-state index < -0.39 is 5.82 Å². The summed E-state index contributed by atoms with van der Waals surface area (Å²) in [5, 5.41) is 2.73. The van der Waals surface area contributed by atoms with E-state index in [1.807, 2.05) is 25.1 Å². The first kappa shape index (κ1) is 14.8. The molecule has 0 unspecified atom stereocenters. The van der Waals surface area contributed by atoms with Crippen LogP contribution in [0, 0.1) is 24.6 Å². The second-order valence-corrected chi connectivity index (χ2v) is 4.52. The van der Waals surface area contributed by atoms with Crippen LogP contribution in [0.1, 0.15) is 21.5 Å². The number of carbonyl (C=O) groups is 1. The Morgan fingerprint density at radius 1 is 1.29 bits per heavy atom. The molecular weight excluding hydrogens is 267 g/mol. The number of nitrogens with one attached hydrogen (secondary N) is 1. The largest absolute Gasteiger partial charge is 0.322 e. The van der Waals surface area contributed by atoms with Crippen LogP contribution in [-0.2, 0) is 0 Å². The number of rotatable bonds is 2. The number of hydrogen-bond acceptors (Lipinski definition) is 2.